The van der Waals surface area contributed by atoms with Gasteiger partial charge in [-0.25, -0.2) is 0 Å². The molecule has 4 heteroatoms. The van der Waals surface area contributed by atoms with Crippen LogP contribution in [-0.4, -0.2) is 72.4 Å². The minimum Gasteiger partial charge on any atom is -0.394 e. The molecule has 2 heterocycles. The third-order valence-corrected chi connectivity index (χ3v) is 5.55. The number of rotatable bonds is 7. The Labute approximate surface area is 123 Å². The molecule has 0 radical (unpaired) electrons. The van der Waals surface area contributed by atoms with Crippen molar-refractivity contribution in [2.75, 3.05) is 45.9 Å². The Morgan fingerprint density at radius 3 is 2.75 bits per heavy atom. The topological polar surface area (TPSA) is 38.7 Å². The van der Waals surface area contributed by atoms with Crippen molar-refractivity contribution >= 4 is 0 Å². The van der Waals surface area contributed by atoms with Gasteiger partial charge in [0, 0.05) is 32.2 Å². The minimum atomic E-state index is -0.0310. The van der Waals surface area contributed by atoms with E-state index in [2.05, 4.69) is 22.0 Å². The van der Waals surface area contributed by atoms with Crippen LogP contribution in [0.3, 0.4) is 0 Å². The molecular formula is C16H31N3O. The number of aliphatic hydroxyl groups is 1. The van der Waals surface area contributed by atoms with Gasteiger partial charge in [-0.05, 0) is 51.1 Å². The molecule has 3 aliphatic rings. The molecule has 3 fully saturated rings. The predicted molar refractivity (Wildman–Crippen MR) is 81.9 cm³/mol. The fraction of sp³-hybridized carbons (Fsp3) is 1.00. The Morgan fingerprint density at radius 1 is 1.20 bits per heavy atom. The molecule has 0 aromatic carbocycles. The Bertz CT molecular complexity index is 321. The van der Waals surface area contributed by atoms with E-state index < -0.39 is 0 Å². The summed E-state index contributed by atoms with van der Waals surface area (Å²) in [6.07, 6.45) is 6.47. The molecule has 2 atom stereocenters. The van der Waals surface area contributed by atoms with Crippen molar-refractivity contribution in [1.82, 2.24) is 15.1 Å². The van der Waals surface area contributed by atoms with E-state index in [0.29, 0.717) is 12.5 Å². The van der Waals surface area contributed by atoms with E-state index in [0.717, 1.165) is 25.6 Å². The van der Waals surface area contributed by atoms with Crippen molar-refractivity contribution in [3.63, 3.8) is 0 Å². The second-order valence-corrected chi connectivity index (χ2v) is 7.08. The normalized spacial score (nSPS) is 31.2. The standard InChI is InChI=1S/C16H31N3O/c1-2-7-17-16(13-20,14-5-6-14)12-18-9-10-19-8-3-4-15(19)11-18/h14-15,17,20H,2-13H2,1H3. The Balaban J connectivity index is 1.60. The maximum absolute atomic E-state index is 10.0. The van der Waals surface area contributed by atoms with Gasteiger partial charge < -0.3 is 10.4 Å². The summed E-state index contributed by atoms with van der Waals surface area (Å²) in [6.45, 7) is 9.49. The van der Waals surface area contributed by atoms with Crippen LogP contribution in [-0.2, 0) is 0 Å². The SMILES string of the molecule is CCCNC(CO)(CN1CCN2CCCC2C1)C1CC1. The first kappa shape index (κ1) is 14.8. The van der Waals surface area contributed by atoms with E-state index in [4.69, 9.17) is 0 Å². The van der Waals surface area contributed by atoms with E-state index in [1.807, 2.05) is 0 Å². The summed E-state index contributed by atoms with van der Waals surface area (Å²) in [6, 6.07) is 0.783. The lowest BCUT2D eigenvalue weighted by atomic mass is 9.92. The first-order chi connectivity index (χ1) is 9.77. The highest BCUT2D eigenvalue weighted by Gasteiger charge is 2.46. The van der Waals surface area contributed by atoms with Crippen LogP contribution in [0.1, 0.15) is 39.0 Å². The Hall–Kier alpha value is -0.160. The van der Waals surface area contributed by atoms with Crippen molar-refractivity contribution in [2.45, 2.75) is 50.6 Å². The number of hydrogen-bond acceptors (Lipinski definition) is 4. The molecule has 3 rings (SSSR count). The molecule has 0 bridgehead atoms. The third kappa shape index (κ3) is 3.03. The van der Waals surface area contributed by atoms with Crippen molar-refractivity contribution in [3.05, 3.63) is 0 Å². The number of piperazine rings is 1. The molecule has 2 unspecified atom stereocenters. The molecule has 1 aliphatic carbocycles. The van der Waals surface area contributed by atoms with E-state index in [9.17, 15) is 5.11 Å². The molecule has 0 spiro atoms. The summed E-state index contributed by atoms with van der Waals surface area (Å²) in [5.74, 6) is 0.695. The van der Waals surface area contributed by atoms with Crippen molar-refractivity contribution < 1.29 is 5.11 Å². The van der Waals surface area contributed by atoms with Gasteiger partial charge in [-0.2, -0.15) is 0 Å². The summed E-state index contributed by atoms with van der Waals surface area (Å²) in [5.41, 5.74) is -0.0310. The van der Waals surface area contributed by atoms with E-state index >= 15 is 0 Å². The number of hydrogen-bond donors (Lipinski definition) is 2. The van der Waals surface area contributed by atoms with Gasteiger partial charge >= 0.3 is 0 Å². The third-order valence-electron chi connectivity index (χ3n) is 5.55. The summed E-state index contributed by atoms with van der Waals surface area (Å²) >= 11 is 0. The smallest absolute Gasteiger partial charge is 0.0628 e. The lowest BCUT2D eigenvalue weighted by Crippen LogP contribution is -2.61. The zero-order valence-corrected chi connectivity index (χ0v) is 13.0. The predicted octanol–water partition coefficient (Wildman–Crippen LogP) is 0.907. The van der Waals surface area contributed by atoms with Crippen LogP contribution in [0.5, 0.6) is 0 Å². The molecule has 0 aromatic heterocycles. The summed E-state index contributed by atoms with van der Waals surface area (Å²) in [4.78, 5) is 5.28. The fourth-order valence-electron chi connectivity index (χ4n) is 4.17. The Morgan fingerprint density at radius 2 is 2.05 bits per heavy atom. The van der Waals surface area contributed by atoms with Crippen LogP contribution in [0.15, 0.2) is 0 Å². The molecule has 2 N–H and O–H groups in total. The molecule has 2 aliphatic heterocycles. The molecule has 20 heavy (non-hydrogen) atoms. The maximum atomic E-state index is 10.0. The van der Waals surface area contributed by atoms with Crippen molar-refractivity contribution in [3.8, 4) is 0 Å². The molecule has 116 valence electrons. The highest BCUT2D eigenvalue weighted by Crippen LogP contribution is 2.40. The number of fused-ring (bicyclic) bond motifs is 1. The highest BCUT2D eigenvalue weighted by molar-refractivity contribution is 5.04. The van der Waals surface area contributed by atoms with Crippen LogP contribution in [0, 0.1) is 5.92 Å². The highest BCUT2D eigenvalue weighted by atomic mass is 16.3. The summed E-state index contributed by atoms with van der Waals surface area (Å²) in [7, 11) is 0. The number of nitrogens with zero attached hydrogens (tertiary/aromatic N) is 2. The van der Waals surface area contributed by atoms with Crippen molar-refractivity contribution in [2.24, 2.45) is 5.92 Å². The average Bonchev–Trinajstić information content (AvgIpc) is 3.22. The van der Waals surface area contributed by atoms with Crippen LogP contribution >= 0.6 is 0 Å². The molecule has 4 nitrogen and oxygen atoms in total. The van der Waals surface area contributed by atoms with E-state index in [1.54, 1.807) is 0 Å². The first-order valence-corrected chi connectivity index (χ1v) is 8.60. The summed E-state index contributed by atoms with van der Waals surface area (Å²) in [5, 5.41) is 13.7. The van der Waals surface area contributed by atoms with Crippen LogP contribution in [0.25, 0.3) is 0 Å². The van der Waals surface area contributed by atoms with Gasteiger partial charge in [0.25, 0.3) is 0 Å². The lowest BCUT2D eigenvalue weighted by molar-refractivity contribution is 0.0466. The maximum Gasteiger partial charge on any atom is 0.0628 e. The molecule has 0 amide bonds. The second kappa shape index (κ2) is 6.30. The lowest BCUT2D eigenvalue weighted by Gasteiger charge is -2.43. The van der Waals surface area contributed by atoms with Gasteiger partial charge in [0.15, 0.2) is 0 Å². The second-order valence-electron chi connectivity index (χ2n) is 7.08. The number of nitrogens with one attached hydrogen (secondary N) is 1. The van der Waals surface area contributed by atoms with Gasteiger partial charge in [-0.15, -0.1) is 0 Å². The van der Waals surface area contributed by atoms with E-state index in [-0.39, 0.29) is 5.54 Å². The zero-order chi connectivity index (χ0) is 14.0. The summed E-state index contributed by atoms with van der Waals surface area (Å²) < 4.78 is 0. The number of aliphatic hydroxyl groups excluding tert-OH is 1. The monoisotopic (exact) mass is 281 g/mol. The largest absolute Gasteiger partial charge is 0.394 e. The van der Waals surface area contributed by atoms with Gasteiger partial charge in [-0.3, -0.25) is 9.80 Å². The first-order valence-electron chi connectivity index (χ1n) is 8.60. The van der Waals surface area contributed by atoms with Gasteiger partial charge in [-0.1, -0.05) is 6.92 Å². The van der Waals surface area contributed by atoms with E-state index in [1.165, 1.54) is 51.9 Å². The fourth-order valence-corrected chi connectivity index (χ4v) is 4.17. The molecular weight excluding hydrogens is 250 g/mol. The van der Waals surface area contributed by atoms with Crippen LogP contribution in [0.2, 0.25) is 0 Å². The van der Waals surface area contributed by atoms with Gasteiger partial charge in [0.1, 0.15) is 0 Å². The van der Waals surface area contributed by atoms with Crippen LogP contribution in [0.4, 0.5) is 0 Å². The minimum absolute atomic E-state index is 0.0310. The zero-order valence-electron chi connectivity index (χ0n) is 13.0. The molecule has 1 saturated carbocycles. The molecule has 0 aromatic rings. The quantitative estimate of drug-likeness (QED) is 0.727. The van der Waals surface area contributed by atoms with Gasteiger partial charge in [0.05, 0.1) is 12.1 Å². The van der Waals surface area contributed by atoms with Crippen LogP contribution < -0.4 is 5.32 Å². The van der Waals surface area contributed by atoms with Gasteiger partial charge in [0.2, 0.25) is 0 Å². The Kier molecular flexibility index (Phi) is 4.65. The molecule has 2 saturated heterocycles. The van der Waals surface area contributed by atoms with Crippen molar-refractivity contribution in [1.29, 1.82) is 0 Å². The average molecular weight is 281 g/mol.